The van der Waals surface area contributed by atoms with Gasteiger partial charge in [-0.15, -0.1) is 0 Å². The number of esters is 1. The van der Waals surface area contributed by atoms with Crippen LogP contribution in [0.4, 0.5) is 0 Å². The standard InChI is InChI=1S/C14H14Cl2O2/c1-2-18-14(17)7-10-5-3-4-9-6-12(15)13(16)8-11(9)10/h6-8H,2-5H2,1H3/b10-7+. The lowest BCUT2D eigenvalue weighted by Crippen LogP contribution is -2.06. The summed E-state index contributed by atoms with van der Waals surface area (Å²) in [6.45, 7) is 2.18. The first kappa shape index (κ1) is 13.4. The molecule has 0 radical (unpaired) electrons. The second-order valence-electron chi connectivity index (χ2n) is 4.20. The average molecular weight is 285 g/mol. The van der Waals surface area contributed by atoms with Crippen molar-refractivity contribution >= 4 is 34.7 Å². The molecule has 0 N–H and O–H groups in total. The molecular formula is C14H14Cl2O2. The van der Waals surface area contributed by atoms with Crippen molar-refractivity contribution in [3.63, 3.8) is 0 Å². The molecule has 0 bridgehead atoms. The first-order chi connectivity index (χ1) is 8.61. The van der Waals surface area contributed by atoms with Crippen molar-refractivity contribution in [1.82, 2.24) is 0 Å². The molecule has 0 aliphatic heterocycles. The van der Waals surface area contributed by atoms with E-state index in [-0.39, 0.29) is 5.97 Å². The third-order valence-electron chi connectivity index (χ3n) is 2.96. The van der Waals surface area contributed by atoms with Gasteiger partial charge < -0.3 is 4.74 Å². The van der Waals surface area contributed by atoms with E-state index in [0.29, 0.717) is 16.7 Å². The molecule has 0 unspecified atom stereocenters. The second kappa shape index (κ2) is 5.77. The SMILES string of the molecule is CCOC(=O)/C=C1\CCCc2cc(Cl)c(Cl)cc21. The first-order valence-electron chi connectivity index (χ1n) is 5.97. The lowest BCUT2D eigenvalue weighted by atomic mass is 9.87. The number of allylic oxidation sites excluding steroid dienone is 1. The zero-order valence-corrected chi connectivity index (χ0v) is 11.6. The van der Waals surface area contributed by atoms with E-state index < -0.39 is 0 Å². The number of carbonyl (C=O) groups excluding carboxylic acids is 1. The molecule has 0 atom stereocenters. The largest absolute Gasteiger partial charge is 0.463 e. The van der Waals surface area contributed by atoms with Gasteiger partial charge in [0.1, 0.15) is 0 Å². The fourth-order valence-corrected chi connectivity index (χ4v) is 2.52. The highest BCUT2D eigenvalue weighted by atomic mass is 35.5. The van der Waals surface area contributed by atoms with E-state index in [1.807, 2.05) is 12.1 Å². The topological polar surface area (TPSA) is 26.3 Å². The monoisotopic (exact) mass is 284 g/mol. The maximum Gasteiger partial charge on any atom is 0.331 e. The molecule has 0 saturated heterocycles. The lowest BCUT2D eigenvalue weighted by molar-refractivity contribution is -0.137. The van der Waals surface area contributed by atoms with Gasteiger partial charge in [0.25, 0.3) is 0 Å². The highest BCUT2D eigenvalue weighted by Crippen LogP contribution is 2.36. The van der Waals surface area contributed by atoms with Crippen molar-refractivity contribution in [3.05, 3.63) is 39.4 Å². The van der Waals surface area contributed by atoms with Crippen LogP contribution in [-0.2, 0) is 16.0 Å². The molecule has 0 fully saturated rings. The number of halogens is 2. The molecule has 0 saturated carbocycles. The van der Waals surface area contributed by atoms with Gasteiger partial charge in [0.2, 0.25) is 0 Å². The van der Waals surface area contributed by atoms with Crippen LogP contribution in [0.1, 0.15) is 30.9 Å². The Morgan fingerprint density at radius 1 is 1.33 bits per heavy atom. The lowest BCUT2D eigenvalue weighted by Gasteiger charge is -2.19. The van der Waals surface area contributed by atoms with Crippen LogP contribution in [0, 0.1) is 0 Å². The highest BCUT2D eigenvalue weighted by Gasteiger charge is 2.17. The summed E-state index contributed by atoms with van der Waals surface area (Å²) in [5.74, 6) is -0.300. The van der Waals surface area contributed by atoms with Crippen LogP contribution in [0.15, 0.2) is 18.2 Å². The number of benzene rings is 1. The van der Waals surface area contributed by atoms with E-state index in [1.165, 1.54) is 0 Å². The third kappa shape index (κ3) is 2.88. The maximum absolute atomic E-state index is 11.5. The number of hydrogen-bond acceptors (Lipinski definition) is 2. The molecule has 18 heavy (non-hydrogen) atoms. The molecule has 2 nitrogen and oxygen atoms in total. The van der Waals surface area contributed by atoms with Crippen LogP contribution in [0.25, 0.3) is 5.57 Å². The summed E-state index contributed by atoms with van der Waals surface area (Å²) in [6, 6.07) is 3.72. The molecule has 1 aromatic rings. The van der Waals surface area contributed by atoms with Crippen LogP contribution in [0.5, 0.6) is 0 Å². The Morgan fingerprint density at radius 2 is 2.06 bits per heavy atom. The van der Waals surface area contributed by atoms with Crippen molar-refractivity contribution in [1.29, 1.82) is 0 Å². The normalized spacial score (nSPS) is 16.5. The summed E-state index contributed by atoms with van der Waals surface area (Å²) < 4.78 is 4.94. The fourth-order valence-electron chi connectivity index (χ4n) is 2.17. The van der Waals surface area contributed by atoms with E-state index in [4.69, 9.17) is 27.9 Å². The minimum atomic E-state index is -0.300. The third-order valence-corrected chi connectivity index (χ3v) is 3.69. The molecule has 1 aliphatic rings. The molecule has 2 rings (SSSR count). The van der Waals surface area contributed by atoms with E-state index >= 15 is 0 Å². The molecule has 1 aromatic carbocycles. The van der Waals surface area contributed by atoms with Crippen LogP contribution >= 0.6 is 23.2 Å². The Hall–Kier alpha value is -0.990. The van der Waals surface area contributed by atoms with Crippen molar-refractivity contribution in [2.24, 2.45) is 0 Å². The zero-order chi connectivity index (χ0) is 13.1. The van der Waals surface area contributed by atoms with Gasteiger partial charge in [-0.05, 0) is 55.0 Å². The molecule has 96 valence electrons. The quantitative estimate of drug-likeness (QED) is 0.599. The number of aryl methyl sites for hydroxylation is 1. The van der Waals surface area contributed by atoms with Gasteiger partial charge in [0.15, 0.2) is 0 Å². The smallest absolute Gasteiger partial charge is 0.331 e. The molecular weight excluding hydrogens is 271 g/mol. The van der Waals surface area contributed by atoms with E-state index in [0.717, 1.165) is 36.0 Å². The first-order valence-corrected chi connectivity index (χ1v) is 6.73. The molecule has 0 aromatic heterocycles. The minimum absolute atomic E-state index is 0.300. The van der Waals surface area contributed by atoms with E-state index in [1.54, 1.807) is 13.0 Å². The summed E-state index contributed by atoms with van der Waals surface area (Å²) in [7, 11) is 0. The molecule has 0 amide bonds. The van der Waals surface area contributed by atoms with Gasteiger partial charge >= 0.3 is 5.97 Å². The maximum atomic E-state index is 11.5. The van der Waals surface area contributed by atoms with Crippen LogP contribution in [0.2, 0.25) is 10.0 Å². The molecule has 1 aliphatic carbocycles. The summed E-state index contributed by atoms with van der Waals surface area (Å²) in [6.07, 6.45) is 4.40. The van der Waals surface area contributed by atoms with Gasteiger partial charge in [-0.2, -0.15) is 0 Å². The summed E-state index contributed by atoms with van der Waals surface area (Å²) >= 11 is 12.0. The number of fused-ring (bicyclic) bond motifs is 1. The van der Waals surface area contributed by atoms with E-state index in [9.17, 15) is 4.79 Å². The van der Waals surface area contributed by atoms with Crippen molar-refractivity contribution < 1.29 is 9.53 Å². The van der Waals surface area contributed by atoms with Gasteiger partial charge in [0, 0.05) is 6.08 Å². The second-order valence-corrected chi connectivity index (χ2v) is 5.01. The molecule has 4 heteroatoms. The van der Waals surface area contributed by atoms with E-state index in [2.05, 4.69) is 0 Å². The number of ether oxygens (including phenoxy) is 1. The Morgan fingerprint density at radius 3 is 2.78 bits per heavy atom. The Bertz CT molecular complexity index is 507. The molecule has 0 heterocycles. The Balaban J connectivity index is 2.38. The van der Waals surface area contributed by atoms with Gasteiger partial charge in [-0.1, -0.05) is 23.2 Å². The highest BCUT2D eigenvalue weighted by molar-refractivity contribution is 6.42. The average Bonchev–Trinajstić information content (AvgIpc) is 2.32. The van der Waals surface area contributed by atoms with Crippen LogP contribution in [0.3, 0.4) is 0 Å². The Kier molecular flexibility index (Phi) is 4.31. The van der Waals surface area contributed by atoms with Gasteiger partial charge in [-0.3, -0.25) is 0 Å². The number of hydrogen-bond donors (Lipinski definition) is 0. The predicted molar refractivity (Wildman–Crippen MR) is 74.0 cm³/mol. The predicted octanol–water partition coefficient (Wildman–Crippen LogP) is 4.28. The van der Waals surface area contributed by atoms with Gasteiger partial charge in [-0.25, -0.2) is 4.79 Å². The van der Waals surface area contributed by atoms with Gasteiger partial charge in [0.05, 0.1) is 16.7 Å². The molecule has 0 spiro atoms. The van der Waals surface area contributed by atoms with Crippen molar-refractivity contribution in [2.75, 3.05) is 6.61 Å². The van der Waals surface area contributed by atoms with Crippen molar-refractivity contribution in [3.8, 4) is 0 Å². The van der Waals surface area contributed by atoms with Crippen LogP contribution < -0.4 is 0 Å². The number of carbonyl (C=O) groups is 1. The summed E-state index contributed by atoms with van der Waals surface area (Å²) in [4.78, 5) is 11.5. The zero-order valence-electron chi connectivity index (χ0n) is 10.1. The fraction of sp³-hybridized carbons (Fsp3) is 0.357. The minimum Gasteiger partial charge on any atom is -0.463 e. The van der Waals surface area contributed by atoms with Crippen LogP contribution in [-0.4, -0.2) is 12.6 Å². The summed E-state index contributed by atoms with van der Waals surface area (Å²) in [5, 5.41) is 1.08. The Labute approximate surface area is 117 Å². The van der Waals surface area contributed by atoms with Crippen molar-refractivity contribution in [2.45, 2.75) is 26.2 Å². The number of rotatable bonds is 2. The summed E-state index contributed by atoms with van der Waals surface area (Å²) in [5.41, 5.74) is 3.14.